The summed E-state index contributed by atoms with van der Waals surface area (Å²) in [6.45, 7) is 3.17. The van der Waals surface area contributed by atoms with Gasteiger partial charge >= 0.3 is 5.97 Å². The van der Waals surface area contributed by atoms with E-state index in [2.05, 4.69) is 12.0 Å². The second kappa shape index (κ2) is 9.67. The lowest BCUT2D eigenvalue weighted by Crippen LogP contribution is -2.45. The third kappa shape index (κ3) is 4.83. The van der Waals surface area contributed by atoms with E-state index in [-0.39, 0.29) is 23.9 Å². The molecule has 0 saturated carbocycles. The van der Waals surface area contributed by atoms with Crippen LogP contribution in [0.3, 0.4) is 0 Å². The third-order valence-corrected chi connectivity index (χ3v) is 5.62. The molecule has 1 aliphatic rings. The molecule has 1 saturated heterocycles. The van der Waals surface area contributed by atoms with E-state index in [1.807, 2.05) is 0 Å². The minimum Gasteiger partial charge on any atom is -0.481 e. The Morgan fingerprint density at radius 2 is 1.93 bits per heavy atom. The van der Waals surface area contributed by atoms with E-state index in [4.69, 9.17) is 5.11 Å². The molecule has 0 spiro atoms. The minimum atomic E-state index is -0.851. The monoisotopic (exact) mass is 399 g/mol. The van der Waals surface area contributed by atoms with Gasteiger partial charge in [0, 0.05) is 30.9 Å². The number of hydrogen-bond acceptors (Lipinski definition) is 4. The Bertz CT molecular complexity index is 937. The quantitative estimate of drug-likeness (QED) is 0.687. The van der Waals surface area contributed by atoms with Crippen LogP contribution in [0.15, 0.2) is 29.1 Å². The summed E-state index contributed by atoms with van der Waals surface area (Å²) >= 11 is 0. The number of carboxylic acids is 1. The van der Waals surface area contributed by atoms with Gasteiger partial charge in [-0.3, -0.25) is 14.4 Å². The van der Waals surface area contributed by atoms with Crippen LogP contribution in [-0.2, 0) is 11.3 Å². The Hall–Kier alpha value is -2.70. The first-order valence-corrected chi connectivity index (χ1v) is 10.6. The van der Waals surface area contributed by atoms with Gasteiger partial charge < -0.3 is 10.0 Å². The molecule has 0 radical (unpaired) electrons. The van der Waals surface area contributed by atoms with Crippen LogP contribution in [0.25, 0.3) is 10.8 Å². The molecule has 1 N–H and O–H groups in total. The number of rotatable bonds is 8. The van der Waals surface area contributed by atoms with E-state index in [1.54, 1.807) is 29.2 Å². The Labute approximate surface area is 170 Å². The molecule has 1 atom stereocenters. The SMILES string of the molecule is CCCCCn1nc(C(=O)N2CCCCC2CCC(=O)O)c2ccccc2c1=O. The number of benzene rings is 1. The van der Waals surface area contributed by atoms with Crippen molar-refractivity contribution < 1.29 is 14.7 Å². The summed E-state index contributed by atoms with van der Waals surface area (Å²) in [6.07, 6.45) is 6.02. The normalized spacial score (nSPS) is 16.9. The molecule has 1 aliphatic heterocycles. The molecule has 7 heteroatoms. The Kier molecular flexibility index (Phi) is 7.01. The van der Waals surface area contributed by atoms with Crippen molar-refractivity contribution in [3.8, 4) is 0 Å². The van der Waals surface area contributed by atoms with Gasteiger partial charge in [0.1, 0.15) is 0 Å². The molecule has 1 unspecified atom stereocenters. The van der Waals surface area contributed by atoms with Crippen LogP contribution in [0.1, 0.15) is 68.8 Å². The smallest absolute Gasteiger partial charge is 0.303 e. The number of carbonyl (C=O) groups is 2. The number of carboxylic acid groups (broad SMARTS) is 1. The van der Waals surface area contributed by atoms with Gasteiger partial charge in [-0.25, -0.2) is 4.68 Å². The van der Waals surface area contributed by atoms with Gasteiger partial charge in [0.25, 0.3) is 11.5 Å². The number of aromatic nitrogens is 2. The summed E-state index contributed by atoms with van der Waals surface area (Å²) in [7, 11) is 0. The zero-order valence-corrected chi connectivity index (χ0v) is 17.0. The van der Waals surface area contributed by atoms with Crippen LogP contribution in [-0.4, -0.2) is 44.3 Å². The van der Waals surface area contributed by atoms with Crippen LogP contribution in [0.4, 0.5) is 0 Å². The molecule has 2 aromatic rings. The molecular formula is C22H29N3O4. The van der Waals surface area contributed by atoms with E-state index in [0.717, 1.165) is 38.5 Å². The van der Waals surface area contributed by atoms with E-state index in [0.29, 0.717) is 36.0 Å². The number of likely N-dealkylation sites (tertiary alicyclic amines) is 1. The average Bonchev–Trinajstić information content (AvgIpc) is 2.74. The van der Waals surface area contributed by atoms with Crippen LogP contribution in [0.2, 0.25) is 0 Å². The minimum absolute atomic E-state index is 0.0408. The average molecular weight is 399 g/mol. The number of amides is 1. The molecule has 0 bridgehead atoms. The fourth-order valence-electron chi connectivity index (χ4n) is 4.05. The molecule has 3 rings (SSSR count). The van der Waals surface area contributed by atoms with Crippen LogP contribution >= 0.6 is 0 Å². The number of carbonyl (C=O) groups excluding carboxylic acids is 1. The van der Waals surface area contributed by atoms with Crippen LogP contribution in [0, 0.1) is 0 Å². The highest BCUT2D eigenvalue weighted by atomic mass is 16.4. The maximum atomic E-state index is 13.5. The number of piperidine rings is 1. The van der Waals surface area contributed by atoms with Crippen LogP contribution < -0.4 is 5.56 Å². The van der Waals surface area contributed by atoms with Crippen molar-refractivity contribution in [2.24, 2.45) is 0 Å². The lowest BCUT2D eigenvalue weighted by molar-refractivity contribution is -0.137. The van der Waals surface area contributed by atoms with Gasteiger partial charge in [-0.15, -0.1) is 0 Å². The molecule has 1 aromatic carbocycles. The summed E-state index contributed by atoms with van der Waals surface area (Å²) in [5, 5.41) is 14.6. The Balaban J connectivity index is 1.98. The second-order valence-electron chi connectivity index (χ2n) is 7.71. The highest BCUT2D eigenvalue weighted by Crippen LogP contribution is 2.24. The summed E-state index contributed by atoms with van der Waals surface area (Å²) in [4.78, 5) is 39.1. The van der Waals surface area contributed by atoms with Gasteiger partial charge in [0.2, 0.25) is 0 Å². The predicted molar refractivity (Wildman–Crippen MR) is 111 cm³/mol. The van der Waals surface area contributed by atoms with E-state index in [1.165, 1.54) is 4.68 Å². The Morgan fingerprint density at radius 3 is 2.66 bits per heavy atom. The van der Waals surface area contributed by atoms with Crippen molar-refractivity contribution in [3.63, 3.8) is 0 Å². The molecule has 7 nitrogen and oxygen atoms in total. The number of hydrogen-bond donors (Lipinski definition) is 1. The number of aryl methyl sites for hydroxylation is 1. The van der Waals surface area contributed by atoms with E-state index < -0.39 is 5.97 Å². The molecule has 0 aliphatic carbocycles. The van der Waals surface area contributed by atoms with Gasteiger partial charge in [-0.05, 0) is 38.2 Å². The predicted octanol–water partition coefficient (Wildman–Crippen LogP) is 3.45. The van der Waals surface area contributed by atoms with E-state index >= 15 is 0 Å². The zero-order chi connectivity index (χ0) is 20.8. The molecule has 2 heterocycles. The van der Waals surface area contributed by atoms with Crippen molar-refractivity contribution in [2.45, 2.75) is 70.9 Å². The fourth-order valence-corrected chi connectivity index (χ4v) is 4.05. The van der Waals surface area contributed by atoms with Gasteiger partial charge in [0.05, 0.1) is 5.39 Å². The van der Waals surface area contributed by atoms with Crippen LogP contribution in [0.5, 0.6) is 0 Å². The fraction of sp³-hybridized carbons (Fsp3) is 0.545. The highest BCUT2D eigenvalue weighted by Gasteiger charge is 2.30. The molecule has 156 valence electrons. The van der Waals surface area contributed by atoms with Crippen molar-refractivity contribution in [1.29, 1.82) is 0 Å². The third-order valence-electron chi connectivity index (χ3n) is 5.62. The number of aliphatic carboxylic acids is 1. The molecular weight excluding hydrogens is 370 g/mol. The molecule has 1 aromatic heterocycles. The lowest BCUT2D eigenvalue weighted by Gasteiger charge is -2.35. The van der Waals surface area contributed by atoms with Gasteiger partial charge in [0.15, 0.2) is 5.69 Å². The lowest BCUT2D eigenvalue weighted by atomic mass is 9.97. The van der Waals surface area contributed by atoms with E-state index in [9.17, 15) is 14.4 Å². The van der Waals surface area contributed by atoms with Crippen molar-refractivity contribution >= 4 is 22.6 Å². The molecule has 1 amide bonds. The first kappa shape index (κ1) is 21.0. The number of nitrogens with zero attached hydrogens (tertiary/aromatic N) is 3. The zero-order valence-electron chi connectivity index (χ0n) is 17.0. The second-order valence-corrected chi connectivity index (χ2v) is 7.71. The first-order chi connectivity index (χ1) is 14.0. The number of fused-ring (bicyclic) bond motifs is 1. The number of unbranched alkanes of at least 4 members (excludes halogenated alkanes) is 2. The first-order valence-electron chi connectivity index (χ1n) is 10.6. The summed E-state index contributed by atoms with van der Waals surface area (Å²) < 4.78 is 1.42. The topological polar surface area (TPSA) is 92.5 Å². The van der Waals surface area contributed by atoms with Crippen molar-refractivity contribution in [3.05, 3.63) is 40.3 Å². The maximum absolute atomic E-state index is 13.5. The summed E-state index contributed by atoms with van der Waals surface area (Å²) in [5.41, 5.74) is 0.119. The van der Waals surface area contributed by atoms with Crippen molar-refractivity contribution in [1.82, 2.24) is 14.7 Å². The highest BCUT2D eigenvalue weighted by molar-refractivity contribution is 6.04. The summed E-state index contributed by atoms with van der Waals surface area (Å²) in [6, 6.07) is 7.01. The summed E-state index contributed by atoms with van der Waals surface area (Å²) in [5.74, 6) is -1.06. The molecule has 29 heavy (non-hydrogen) atoms. The largest absolute Gasteiger partial charge is 0.481 e. The van der Waals surface area contributed by atoms with Gasteiger partial charge in [-0.1, -0.05) is 38.0 Å². The van der Waals surface area contributed by atoms with Gasteiger partial charge in [-0.2, -0.15) is 5.10 Å². The standard InChI is InChI=1S/C22H29N3O4/c1-2-3-7-15-25-21(28)18-11-5-4-10-17(18)20(23-25)22(29)24-14-8-6-9-16(24)12-13-19(26)27/h4-5,10-11,16H,2-3,6-9,12-15H2,1H3,(H,26,27). The van der Waals surface area contributed by atoms with Crippen molar-refractivity contribution in [2.75, 3.05) is 6.54 Å². The Morgan fingerprint density at radius 1 is 1.17 bits per heavy atom. The maximum Gasteiger partial charge on any atom is 0.303 e. The molecule has 1 fully saturated rings.